The van der Waals surface area contributed by atoms with Crippen LogP contribution in [0.25, 0.3) is 0 Å². The lowest BCUT2D eigenvalue weighted by Gasteiger charge is -2.47. The van der Waals surface area contributed by atoms with E-state index in [1.807, 2.05) is 83.7 Å². The zero-order chi connectivity index (χ0) is 23.0. The minimum atomic E-state index is -0.938. The Labute approximate surface area is 197 Å². The molecule has 0 unspecified atom stereocenters. The highest BCUT2D eigenvalue weighted by molar-refractivity contribution is 8.16. The number of esters is 1. The molecule has 0 aromatic heterocycles. The summed E-state index contributed by atoms with van der Waals surface area (Å²) in [5.41, 5.74) is 5.91. The highest BCUT2D eigenvalue weighted by Gasteiger charge is 2.56. The van der Waals surface area contributed by atoms with Crippen molar-refractivity contribution in [2.24, 2.45) is 10.2 Å². The molecule has 7 heteroatoms. The van der Waals surface area contributed by atoms with E-state index in [1.54, 1.807) is 0 Å². The van der Waals surface area contributed by atoms with Crippen molar-refractivity contribution < 1.29 is 9.53 Å². The van der Waals surface area contributed by atoms with E-state index in [1.165, 1.54) is 18.9 Å². The largest absolute Gasteiger partial charge is 0.464 e. The maximum atomic E-state index is 12.7. The Morgan fingerprint density at radius 3 is 2.36 bits per heavy atom. The van der Waals surface area contributed by atoms with Crippen molar-refractivity contribution >= 4 is 39.9 Å². The number of thioether (sulfide) groups is 1. The van der Waals surface area contributed by atoms with Crippen LogP contribution >= 0.6 is 11.8 Å². The second kappa shape index (κ2) is 8.41. The van der Waals surface area contributed by atoms with E-state index in [4.69, 9.17) is 14.9 Å². The van der Waals surface area contributed by atoms with Gasteiger partial charge in [-0.2, -0.15) is 10.2 Å². The molecule has 166 valence electrons. The predicted octanol–water partition coefficient (Wildman–Crippen LogP) is 5.48. The lowest BCUT2D eigenvalue weighted by molar-refractivity contribution is -0.132. The molecule has 2 aliphatic rings. The number of hydrazone groups is 2. The molecule has 0 N–H and O–H groups in total. The van der Waals surface area contributed by atoms with Gasteiger partial charge in [0.1, 0.15) is 0 Å². The molecule has 1 spiro atoms. The number of ether oxygens (including phenoxy) is 1. The smallest absolute Gasteiger partial charge is 0.365 e. The molecule has 1 atom stereocenters. The number of anilines is 2. The second-order valence-corrected chi connectivity index (χ2v) is 8.96. The Balaban J connectivity index is 1.83. The maximum Gasteiger partial charge on any atom is 0.365 e. The molecule has 2 heterocycles. The van der Waals surface area contributed by atoms with Gasteiger partial charge >= 0.3 is 5.97 Å². The number of hydrogen-bond acceptors (Lipinski definition) is 7. The van der Waals surface area contributed by atoms with E-state index in [0.29, 0.717) is 0 Å². The van der Waals surface area contributed by atoms with Crippen LogP contribution in [0.5, 0.6) is 0 Å². The van der Waals surface area contributed by atoms with E-state index in [2.05, 4.69) is 19.1 Å². The maximum absolute atomic E-state index is 12.7. The van der Waals surface area contributed by atoms with E-state index in [0.717, 1.165) is 40.2 Å². The lowest BCUT2D eigenvalue weighted by atomic mass is 9.96. The number of rotatable bonds is 4. The summed E-state index contributed by atoms with van der Waals surface area (Å²) in [6.07, 6.45) is 0.774. The van der Waals surface area contributed by atoms with E-state index in [9.17, 15) is 4.79 Å². The summed E-state index contributed by atoms with van der Waals surface area (Å²) in [6.45, 7) is 4.15. The first-order valence-corrected chi connectivity index (χ1v) is 11.7. The van der Waals surface area contributed by atoms with Crippen molar-refractivity contribution in [3.05, 3.63) is 95.6 Å². The molecule has 0 amide bonds. The Morgan fingerprint density at radius 1 is 0.939 bits per heavy atom. The molecule has 5 rings (SSSR count). The van der Waals surface area contributed by atoms with Gasteiger partial charge in [0.05, 0.1) is 24.2 Å². The second-order valence-electron chi connectivity index (χ2n) is 7.80. The molecular formula is C26H24N4O2S. The van der Waals surface area contributed by atoms with Gasteiger partial charge in [-0.1, -0.05) is 67.6 Å². The van der Waals surface area contributed by atoms with Gasteiger partial charge in [0.15, 0.2) is 0 Å². The Morgan fingerprint density at radius 2 is 1.64 bits per heavy atom. The summed E-state index contributed by atoms with van der Waals surface area (Å²) in [5, 5.41) is 14.1. The van der Waals surface area contributed by atoms with Crippen LogP contribution in [0.15, 0.2) is 89.1 Å². The van der Waals surface area contributed by atoms with Crippen LogP contribution in [-0.2, 0) is 14.5 Å². The van der Waals surface area contributed by atoms with Crippen LogP contribution in [0, 0.1) is 6.92 Å². The number of nitrogens with zero attached hydrogens (tertiary/aromatic N) is 4. The zero-order valence-electron chi connectivity index (χ0n) is 18.7. The first kappa shape index (κ1) is 21.3. The number of aryl methyl sites for hydroxylation is 1. The van der Waals surface area contributed by atoms with Crippen molar-refractivity contribution in [1.29, 1.82) is 0 Å². The summed E-state index contributed by atoms with van der Waals surface area (Å²) in [6, 6.07) is 26.3. The molecule has 3 aromatic carbocycles. The average Bonchev–Trinajstić information content (AvgIpc) is 3.25. The van der Waals surface area contributed by atoms with Gasteiger partial charge in [0.2, 0.25) is 10.0 Å². The van der Waals surface area contributed by atoms with Crippen molar-refractivity contribution in [3.63, 3.8) is 0 Å². The van der Waals surface area contributed by atoms with Gasteiger partial charge in [0, 0.05) is 11.1 Å². The van der Waals surface area contributed by atoms with E-state index in [-0.39, 0.29) is 5.04 Å². The molecule has 3 aromatic rings. The van der Waals surface area contributed by atoms with Gasteiger partial charge in [-0.3, -0.25) is 0 Å². The normalized spacial score (nSPS) is 19.2. The molecule has 33 heavy (non-hydrogen) atoms. The first-order chi connectivity index (χ1) is 16.1. The molecule has 0 bridgehead atoms. The van der Waals surface area contributed by atoms with E-state index < -0.39 is 11.0 Å². The van der Waals surface area contributed by atoms with Crippen molar-refractivity contribution in [3.8, 4) is 0 Å². The molecule has 6 nitrogen and oxygen atoms in total. The quantitative estimate of drug-likeness (QED) is 0.487. The van der Waals surface area contributed by atoms with Gasteiger partial charge < -0.3 is 4.74 Å². The highest BCUT2D eigenvalue weighted by Crippen LogP contribution is 2.55. The Bertz CT molecular complexity index is 1270. The van der Waals surface area contributed by atoms with Crippen LogP contribution in [0.2, 0.25) is 0 Å². The summed E-state index contributed by atoms with van der Waals surface area (Å²) >= 11 is 1.36. The monoisotopic (exact) mass is 456 g/mol. The summed E-state index contributed by atoms with van der Waals surface area (Å²) < 4.78 is 5.08. The van der Waals surface area contributed by atoms with Gasteiger partial charge in [-0.25, -0.2) is 14.8 Å². The average molecular weight is 457 g/mol. The van der Waals surface area contributed by atoms with Crippen LogP contribution in [-0.4, -0.2) is 23.8 Å². The molecule has 0 radical (unpaired) electrons. The van der Waals surface area contributed by atoms with Crippen LogP contribution < -0.4 is 10.0 Å². The number of methoxy groups -OCH3 is 1. The first-order valence-electron chi connectivity index (χ1n) is 10.8. The SMILES string of the molecule is CCC1=NN(c2ccccc2)[C@@]2(SC(C(=O)OC)=NN2c2ccccc2C)c2ccccc21. The Kier molecular flexibility index (Phi) is 5.42. The van der Waals surface area contributed by atoms with E-state index >= 15 is 0 Å². The minimum absolute atomic E-state index is 0.284. The van der Waals surface area contributed by atoms with Crippen LogP contribution in [0.1, 0.15) is 30.0 Å². The summed E-state index contributed by atoms with van der Waals surface area (Å²) in [7, 11) is 1.38. The molecule has 2 aliphatic heterocycles. The fourth-order valence-electron chi connectivity index (χ4n) is 4.29. The third-order valence-corrected chi connectivity index (χ3v) is 7.14. The van der Waals surface area contributed by atoms with Gasteiger partial charge in [-0.15, -0.1) is 0 Å². The number of hydrogen-bond donors (Lipinski definition) is 0. The topological polar surface area (TPSA) is 57.5 Å². The highest BCUT2D eigenvalue weighted by atomic mass is 32.2. The molecule has 0 saturated carbocycles. The standard InChI is InChI=1S/C26H24N4O2S/c1-4-22-20-15-9-10-16-21(20)26(29(27-22)19-13-6-5-7-14-19)30(23-17-11-8-12-18(23)2)28-24(33-26)25(31)32-3/h5-17H,4H2,1-3H3/t26-/m0/s1. The summed E-state index contributed by atoms with van der Waals surface area (Å²) in [5.74, 6) is -0.466. The molecule has 0 aliphatic carbocycles. The fourth-order valence-corrected chi connectivity index (χ4v) is 5.59. The Hall–Kier alpha value is -3.58. The third-order valence-electron chi connectivity index (χ3n) is 5.85. The van der Waals surface area contributed by atoms with Crippen molar-refractivity contribution in [2.75, 3.05) is 17.1 Å². The molecular weight excluding hydrogens is 432 g/mol. The minimum Gasteiger partial charge on any atom is -0.464 e. The number of carbonyl (C=O) groups excluding carboxylic acids is 1. The molecule has 0 saturated heterocycles. The van der Waals surface area contributed by atoms with Crippen LogP contribution in [0.3, 0.4) is 0 Å². The van der Waals surface area contributed by atoms with Crippen LogP contribution in [0.4, 0.5) is 11.4 Å². The number of carbonyl (C=O) groups is 1. The third kappa shape index (κ3) is 3.31. The fraction of sp³-hybridized carbons (Fsp3) is 0.192. The molecule has 0 fully saturated rings. The van der Waals surface area contributed by atoms with Crippen molar-refractivity contribution in [1.82, 2.24) is 0 Å². The summed E-state index contributed by atoms with van der Waals surface area (Å²) in [4.78, 5) is 11.8. The van der Waals surface area contributed by atoms with Crippen molar-refractivity contribution in [2.45, 2.75) is 25.3 Å². The zero-order valence-corrected chi connectivity index (χ0v) is 19.5. The lowest BCUT2D eigenvalue weighted by Crippen LogP contribution is -2.54. The van der Waals surface area contributed by atoms with Gasteiger partial charge in [-0.05, 0) is 48.9 Å². The van der Waals surface area contributed by atoms with Gasteiger partial charge in [0.25, 0.3) is 0 Å². The number of fused-ring (bicyclic) bond motifs is 2. The number of benzene rings is 3. The number of para-hydroxylation sites is 2. The predicted molar refractivity (Wildman–Crippen MR) is 135 cm³/mol.